The molecule has 2 aromatic carbocycles. The first-order valence-corrected chi connectivity index (χ1v) is 10.7. The van der Waals surface area contributed by atoms with E-state index in [1.54, 1.807) is 17.0 Å². The fraction of sp³-hybridized carbons (Fsp3) is 0.375. The topological polar surface area (TPSA) is 76.6 Å². The van der Waals surface area contributed by atoms with E-state index in [1.807, 2.05) is 0 Å². The van der Waals surface area contributed by atoms with Crippen molar-refractivity contribution in [3.8, 4) is 11.3 Å². The van der Waals surface area contributed by atoms with Crippen LogP contribution in [0.5, 0.6) is 0 Å². The van der Waals surface area contributed by atoms with Crippen molar-refractivity contribution in [3.63, 3.8) is 0 Å². The predicted molar refractivity (Wildman–Crippen MR) is 112 cm³/mol. The molecule has 0 radical (unpaired) electrons. The molecule has 1 aliphatic carbocycles. The van der Waals surface area contributed by atoms with Crippen molar-refractivity contribution >= 4 is 16.8 Å². The molecule has 3 N–H and O–H groups in total. The Morgan fingerprint density at radius 1 is 1.06 bits per heavy atom. The monoisotopic (exact) mass is 444 g/mol. The zero-order valence-electron chi connectivity index (χ0n) is 17.2. The number of rotatable bonds is 4. The number of aromatic nitrogens is 1. The third-order valence-corrected chi connectivity index (χ3v) is 6.85. The van der Waals surface area contributed by atoms with Gasteiger partial charge in [-0.25, -0.2) is 13.2 Å². The SMILES string of the molecule is O=C(C1CC(c2c(-c3ccc(F)cc3)[nH]c3c(F)cc(F)cc23)C1)N1CC(O)C(CO)C1. The molecule has 2 fully saturated rings. The third kappa shape index (κ3) is 3.47. The molecule has 0 spiro atoms. The van der Waals surface area contributed by atoms with E-state index in [1.165, 1.54) is 18.2 Å². The van der Waals surface area contributed by atoms with Gasteiger partial charge in [-0.3, -0.25) is 4.79 Å². The number of hydrogen-bond donors (Lipinski definition) is 3. The molecular formula is C24H23F3N2O3. The normalized spacial score (nSPS) is 25.3. The zero-order valence-corrected chi connectivity index (χ0v) is 17.2. The van der Waals surface area contributed by atoms with Crippen LogP contribution >= 0.6 is 0 Å². The summed E-state index contributed by atoms with van der Waals surface area (Å²) in [6.07, 6.45) is 0.285. The van der Waals surface area contributed by atoms with Gasteiger partial charge in [-0.15, -0.1) is 0 Å². The number of amides is 1. The number of aromatic amines is 1. The van der Waals surface area contributed by atoms with Crippen LogP contribution in [-0.4, -0.2) is 51.8 Å². The number of hydrogen-bond acceptors (Lipinski definition) is 3. The molecule has 0 bridgehead atoms. The van der Waals surface area contributed by atoms with Gasteiger partial charge in [0.05, 0.1) is 23.9 Å². The average Bonchev–Trinajstić information content (AvgIpc) is 3.28. The largest absolute Gasteiger partial charge is 0.396 e. The lowest BCUT2D eigenvalue weighted by Crippen LogP contribution is -2.40. The number of aliphatic hydroxyl groups is 2. The molecule has 5 rings (SSSR count). The van der Waals surface area contributed by atoms with Crippen LogP contribution in [0, 0.1) is 29.3 Å². The van der Waals surface area contributed by atoms with Gasteiger partial charge in [0, 0.05) is 36.4 Å². The molecule has 32 heavy (non-hydrogen) atoms. The van der Waals surface area contributed by atoms with E-state index < -0.39 is 23.6 Å². The molecule has 8 heteroatoms. The molecule has 1 aliphatic heterocycles. The van der Waals surface area contributed by atoms with E-state index in [2.05, 4.69) is 4.98 Å². The van der Waals surface area contributed by atoms with Crippen LogP contribution in [0.3, 0.4) is 0 Å². The molecule has 2 unspecified atom stereocenters. The quantitative estimate of drug-likeness (QED) is 0.576. The number of aliphatic hydroxyl groups excluding tert-OH is 2. The summed E-state index contributed by atoms with van der Waals surface area (Å²) in [5.41, 5.74) is 2.16. The van der Waals surface area contributed by atoms with Gasteiger partial charge in [0.15, 0.2) is 0 Å². The van der Waals surface area contributed by atoms with Gasteiger partial charge in [0.1, 0.15) is 17.5 Å². The number of halogens is 3. The van der Waals surface area contributed by atoms with Crippen molar-refractivity contribution in [3.05, 3.63) is 59.4 Å². The molecule has 168 valence electrons. The van der Waals surface area contributed by atoms with Crippen LogP contribution < -0.4 is 0 Å². The minimum Gasteiger partial charge on any atom is -0.396 e. The number of nitrogens with one attached hydrogen (secondary N) is 1. The van der Waals surface area contributed by atoms with E-state index in [0.717, 1.165) is 11.6 Å². The third-order valence-electron chi connectivity index (χ3n) is 6.85. The van der Waals surface area contributed by atoms with Gasteiger partial charge >= 0.3 is 0 Å². The first kappa shape index (κ1) is 21.0. The lowest BCUT2D eigenvalue weighted by atomic mass is 9.69. The van der Waals surface area contributed by atoms with Crippen LogP contribution in [0.2, 0.25) is 0 Å². The van der Waals surface area contributed by atoms with Crippen molar-refractivity contribution in [2.24, 2.45) is 11.8 Å². The molecule has 2 aliphatic rings. The van der Waals surface area contributed by atoms with Crippen molar-refractivity contribution in [2.75, 3.05) is 19.7 Å². The maximum absolute atomic E-state index is 14.5. The van der Waals surface area contributed by atoms with Crippen molar-refractivity contribution in [2.45, 2.75) is 24.9 Å². The average molecular weight is 444 g/mol. The Labute approximate surface area is 182 Å². The molecule has 5 nitrogen and oxygen atoms in total. The summed E-state index contributed by atoms with van der Waals surface area (Å²) in [4.78, 5) is 17.5. The van der Waals surface area contributed by atoms with Crippen LogP contribution in [0.1, 0.15) is 24.3 Å². The summed E-state index contributed by atoms with van der Waals surface area (Å²) in [5, 5.41) is 19.7. The smallest absolute Gasteiger partial charge is 0.225 e. The number of carbonyl (C=O) groups excluding carboxylic acids is 1. The number of likely N-dealkylation sites (tertiary alicyclic amines) is 1. The first-order valence-electron chi connectivity index (χ1n) is 10.7. The number of fused-ring (bicyclic) bond motifs is 1. The molecule has 2 atom stereocenters. The van der Waals surface area contributed by atoms with E-state index in [4.69, 9.17) is 0 Å². The molecule has 1 saturated carbocycles. The highest BCUT2D eigenvalue weighted by Crippen LogP contribution is 2.49. The molecular weight excluding hydrogens is 421 g/mol. The Bertz CT molecular complexity index is 1170. The highest BCUT2D eigenvalue weighted by atomic mass is 19.1. The van der Waals surface area contributed by atoms with Crippen LogP contribution in [-0.2, 0) is 4.79 Å². The minimum atomic E-state index is -0.732. The fourth-order valence-electron chi connectivity index (χ4n) is 5.04. The summed E-state index contributed by atoms with van der Waals surface area (Å²) < 4.78 is 42.0. The van der Waals surface area contributed by atoms with Gasteiger partial charge in [-0.2, -0.15) is 0 Å². The van der Waals surface area contributed by atoms with E-state index in [9.17, 15) is 28.2 Å². The Balaban J connectivity index is 1.45. The lowest BCUT2D eigenvalue weighted by molar-refractivity contribution is -0.138. The van der Waals surface area contributed by atoms with Crippen LogP contribution in [0.25, 0.3) is 22.2 Å². The minimum absolute atomic E-state index is 0.0724. The lowest BCUT2D eigenvalue weighted by Gasteiger charge is -2.37. The van der Waals surface area contributed by atoms with Gasteiger partial charge in [0.25, 0.3) is 0 Å². The van der Waals surface area contributed by atoms with Gasteiger partial charge < -0.3 is 20.1 Å². The molecule has 1 aromatic heterocycles. The van der Waals surface area contributed by atoms with Gasteiger partial charge in [-0.1, -0.05) is 0 Å². The number of carbonyl (C=O) groups is 1. The summed E-state index contributed by atoms with van der Waals surface area (Å²) >= 11 is 0. The van der Waals surface area contributed by atoms with Crippen LogP contribution in [0.15, 0.2) is 36.4 Å². The number of benzene rings is 2. The number of β-amino-alcohol motifs (C(OH)–C–C–N with tert-alkyl or cyclic N) is 1. The first-order chi connectivity index (χ1) is 15.4. The highest BCUT2D eigenvalue weighted by Gasteiger charge is 2.43. The summed E-state index contributed by atoms with van der Waals surface area (Å²) in [7, 11) is 0. The second-order valence-corrected chi connectivity index (χ2v) is 8.85. The standard InChI is InChI=1S/C24H23F3N2O3/c25-16-3-1-12(2-4-16)22-21(18-7-17(26)8-19(27)23(18)28-22)13-5-14(6-13)24(32)29-9-15(11-30)20(31)10-29/h1-4,7-8,13-15,20,28,30-31H,5-6,9-11H2. The van der Waals surface area contributed by atoms with E-state index >= 15 is 0 Å². The van der Waals surface area contributed by atoms with Crippen molar-refractivity contribution in [1.82, 2.24) is 9.88 Å². The second-order valence-electron chi connectivity index (χ2n) is 8.85. The van der Waals surface area contributed by atoms with E-state index in [-0.39, 0.29) is 42.3 Å². The Hall–Kier alpha value is -2.84. The Kier molecular flexibility index (Phi) is 5.22. The summed E-state index contributed by atoms with van der Waals surface area (Å²) in [6.45, 7) is 0.350. The molecule has 1 saturated heterocycles. The molecule has 2 heterocycles. The van der Waals surface area contributed by atoms with Crippen molar-refractivity contribution < 1.29 is 28.2 Å². The van der Waals surface area contributed by atoms with Crippen molar-refractivity contribution in [1.29, 1.82) is 0 Å². The zero-order chi connectivity index (χ0) is 22.6. The fourth-order valence-corrected chi connectivity index (χ4v) is 5.04. The summed E-state index contributed by atoms with van der Waals surface area (Å²) in [6, 6.07) is 7.89. The highest BCUT2D eigenvalue weighted by molar-refractivity contribution is 5.92. The molecule has 1 amide bonds. The molecule has 3 aromatic rings. The van der Waals surface area contributed by atoms with Crippen LogP contribution in [0.4, 0.5) is 13.2 Å². The van der Waals surface area contributed by atoms with Gasteiger partial charge in [0.2, 0.25) is 5.91 Å². The predicted octanol–water partition coefficient (Wildman–Crippen LogP) is 3.56. The van der Waals surface area contributed by atoms with Gasteiger partial charge in [-0.05, 0) is 60.2 Å². The van der Waals surface area contributed by atoms with E-state index in [0.29, 0.717) is 36.0 Å². The number of H-pyrrole nitrogens is 1. The Morgan fingerprint density at radius 3 is 2.44 bits per heavy atom. The Morgan fingerprint density at radius 2 is 1.78 bits per heavy atom. The maximum atomic E-state index is 14.5. The second kappa shape index (κ2) is 7.94. The summed E-state index contributed by atoms with van der Waals surface area (Å²) in [5.74, 6) is -2.55. The number of nitrogens with zero attached hydrogens (tertiary/aromatic N) is 1. The maximum Gasteiger partial charge on any atom is 0.225 e.